The maximum absolute atomic E-state index is 4.39. The molecule has 46 valence electrons. The molecule has 0 aliphatic carbocycles. The summed E-state index contributed by atoms with van der Waals surface area (Å²) in [6, 6.07) is 0. The molecule has 3 nitrogen and oxygen atoms in total. The summed E-state index contributed by atoms with van der Waals surface area (Å²) in [4.78, 5) is 7.56. The third-order valence-corrected chi connectivity index (χ3v) is 1.03. The van der Waals surface area contributed by atoms with Crippen LogP contribution in [0.25, 0.3) is 0 Å². The molecule has 0 aliphatic rings. The zero-order chi connectivity index (χ0) is 6.69. The lowest BCUT2D eigenvalue weighted by Gasteiger charge is -1.87. The van der Waals surface area contributed by atoms with E-state index < -0.39 is 0 Å². The van der Waals surface area contributed by atoms with Gasteiger partial charge in [0.15, 0.2) is 0 Å². The van der Waals surface area contributed by atoms with Crippen molar-refractivity contribution in [2.75, 3.05) is 0 Å². The number of imidazole rings is 1. The van der Waals surface area contributed by atoms with Crippen molar-refractivity contribution in [2.45, 2.75) is 0 Å². The molecule has 1 heterocycles. The number of hydrogen-bond donors (Lipinski definition) is 0. The van der Waals surface area contributed by atoms with Crippen LogP contribution in [-0.2, 0) is 7.05 Å². The van der Waals surface area contributed by atoms with E-state index in [0.29, 0.717) is 5.95 Å². The average Bonchev–Trinajstić information content (AvgIpc) is 2.18. The van der Waals surface area contributed by atoms with Crippen molar-refractivity contribution in [1.82, 2.24) is 9.55 Å². The molecule has 0 spiro atoms. The normalized spacial score (nSPS) is 8.56. The maximum Gasteiger partial charge on any atom is 0.238 e. The van der Waals surface area contributed by atoms with Crippen LogP contribution in [0.3, 0.4) is 0 Å². The lowest BCUT2D eigenvalue weighted by atomic mass is 10.9. The van der Waals surface area contributed by atoms with Gasteiger partial charge in [0.05, 0.1) is 5.16 Å². The van der Waals surface area contributed by atoms with E-state index >= 15 is 0 Å². The molecule has 0 saturated heterocycles. The molecule has 0 aromatic carbocycles. The summed E-state index contributed by atoms with van der Waals surface area (Å²) < 4.78 is 1.76. The number of hydrogen-bond acceptors (Lipinski definition) is 3. The molecule has 9 heavy (non-hydrogen) atoms. The van der Waals surface area contributed by atoms with Crippen LogP contribution in [0.4, 0.5) is 5.95 Å². The fourth-order valence-electron chi connectivity index (χ4n) is 0.506. The first-order chi connectivity index (χ1) is 4.34. The van der Waals surface area contributed by atoms with Gasteiger partial charge in [-0.3, -0.25) is 0 Å². The van der Waals surface area contributed by atoms with Crippen molar-refractivity contribution >= 4 is 23.3 Å². The summed E-state index contributed by atoms with van der Waals surface area (Å²) in [5, 5.41) is 2.24. The highest BCUT2D eigenvalue weighted by Gasteiger charge is 1.90. The van der Waals surface area contributed by atoms with E-state index in [-0.39, 0.29) is 0 Å². The minimum absolute atomic E-state index is 0.588. The van der Waals surface area contributed by atoms with Crippen LogP contribution in [0.2, 0.25) is 0 Å². The maximum atomic E-state index is 4.39. The van der Waals surface area contributed by atoms with Crippen molar-refractivity contribution in [3.8, 4) is 0 Å². The fraction of sp³-hybridized carbons (Fsp3) is 0.200. The molecule has 4 heteroatoms. The number of thiocarbonyl (C=S) groups is 1. The molecule has 0 fully saturated rings. The molecule has 0 unspecified atom stereocenters. The second-order valence-corrected chi connectivity index (χ2v) is 1.72. The summed E-state index contributed by atoms with van der Waals surface area (Å²) in [5.74, 6) is 0.588. The number of isothiocyanates is 1. The molecular formula is C5H5N3S. The molecular weight excluding hydrogens is 134 g/mol. The van der Waals surface area contributed by atoms with Gasteiger partial charge in [-0.2, -0.15) is 4.99 Å². The van der Waals surface area contributed by atoms with E-state index in [2.05, 4.69) is 27.4 Å². The minimum atomic E-state index is 0.588. The lowest BCUT2D eigenvalue weighted by Crippen LogP contribution is -1.81. The Bertz CT molecular complexity index is 246. The van der Waals surface area contributed by atoms with Gasteiger partial charge >= 0.3 is 0 Å². The monoisotopic (exact) mass is 139 g/mol. The fourth-order valence-corrected chi connectivity index (χ4v) is 0.588. The van der Waals surface area contributed by atoms with Crippen molar-refractivity contribution in [3.05, 3.63) is 12.4 Å². The molecule has 1 aromatic heterocycles. The Kier molecular flexibility index (Phi) is 1.72. The minimum Gasteiger partial charge on any atom is -0.318 e. The van der Waals surface area contributed by atoms with Gasteiger partial charge in [0.1, 0.15) is 0 Å². The molecule has 1 rings (SSSR count). The Morgan fingerprint density at radius 1 is 1.89 bits per heavy atom. The predicted octanol–water partition coefficient (Wildman–Crippen LogP) is 1.15. The third-order valence-electron chi connectivity index (χ3n) is 0.941. The van der Waals surface area contributed by atoms with E-state index in [1.807, 2.05) is 7.05 Å². The van der Waals surface area contributed by atoms with Crippen LogP contribution in [0.1, 0.15) is 0 Å². The smallest absolute Gasteiger partial charge is 0.238 e. The summed E-state index contributed by atoms with van der Waals surface area (Å²) in [6.45, 7) is 0. The summed E-state index contributed by atoms with van der Waals surface area (Å²) in [6.07, 6.45) is 3.46. The van der Waals surface area contributed by atoms with E-state index in [9.17, 15) is 0 Å². The molecule has 0 radical (unpaired) electrons. The first-order valence-corrected chi connectivity index (χ1v) is 2.80. The van der Waals surface area contributed by atoms with Gasteiger partial charge in [0.2, 0.25) is 5.95 Å². The van der Waals surface area contributed by atoms with Crippen LogP contribution in [0, 0.1) is 0 Å². The number of aliphatic imine (C=N–C) groups is 1. The van der Waals surface area contributed by atoms with Crippen molar-refractivity contribution in [2.24, 2.45) is 12.0 Å². The molecule has 0 bridgehead atoms. The molecule has 0 amide bonds. The van der Waals surface area contributed by atoms with Gasteiger partial charge in [-0.25, -0.2) is 4.98 Å². The van der Waals surface area contributed by atoms with Crippen LogP contribution in [0.15, 0.2) is 17.4 Å². The zero-order valence-electron chi connectivity index (χ0n) is 4.90. The number of aromatic nitrogens is 2. The SMILES string of the molecule is Cn1ccnc1N=C=S. The summed E-state index contributed by atoms with van der Waals surface area (Å²) in [7, 11) is 1.85. The Morgan fingerprint density at radius 3 is 3.11 bits per heavy atom. The van der Waals surface area contributed by atoms with Crippen LogP contribution in [-0.4, -0.2) is 14.7 Å². The Morgan fingerprint density at radius 2 is 2.67 bits per heavy atom. The summed E-state index contributed by atoms with van der Waals surface area (Å²) >= 11 is 4.39. The first kappa shape index (κ1) is 6.13. The lowest BCUT2D eigenvalue weighted by molar-refractivity contribution is 0.913. The molecule has 0 atom stereocenters. The van der Waals surface area contributed by atoms with Gasteiger partial charge in [0.25, 0.3) is 0 Å². The van der Waals surface area contributed by atoms with E-state index in [4.69, 9.17) is 0 Å². The highest BCUT2D eigenvalue weighted by molar-refractivity contribution is 7.78. The molecule has 0 N–H and O–H groups in total. The second-order valence-electron chi connectivity index (χ2n) is 1.54. The van der Waals surface area contributed by atoms with Crippen molar-refractivity contribution in [1.29, 1.82) is 0 Å². The van der Waals surface area contributed by atoms with Gasteiger partial charge in [-0.15, -0.1) is 0 Å². The van der Waals surface area contributed by atoms with E-state index in [1.54, 1.807) is 17.0 Å². The number of rotatable bonds is 1. The van der Waals surface area contributed by atoms with Crippen LogP contribution >= 0.6 is 12.2 Å². The van der Waals surface area contributed by atoms with Crippen LogP contribution < -0.4 is 0 Å². The molecule has 0 saturated carbocycles. The molecule has 1 aromatic rings. The largest absolute Gasteiger partial charge is 0.318 e. The Balaban J connectivity index is 3.07. The quantitative estimate of drug-likeness (QED) is 0.431. The highest BCUT2D eigenvalue weighted by atomic mass is 32.1. The topological polar surface area (TPSA) is 30.2 Å². The number of aryl methyl sites for hydroxylation is 1. The van der Waals surface area contributed by atoms with Gasteiger partial charge < -0.3 is 4.57 Å². The highest BCUT2D eigenvalue weighted by Crippen LogP contribution is 2.02. The van der Waals surface area contributed by atoms with Gasteiger partial charge in [-0.1, -0.05) is 0 Å². The van der Waals surface area contributed by atoms with Gasteiger partial charge in [-0.05, 0) is 12.2 Å². The number of nitrogens with zero attached hydrogens (tertiary/aromatic N) is 3. The van der Waals surface area contributed by atoms with Crippen molar-refractivity contribution < 1.29 is 0 Å². The second kappa shape index (κ2) is 2.53. The zero-order valence-corrected chi connectivity index (χ0v) is 5.72. The van der Waals surface area contributed by atoms with E-state index in [0.717, 1.165) is 0 Å². The van der Waals surface area contributed by atoms with Gasteiger partial charge in [0, 0.05) is 19.4 Å². The predicted molar refractivity (Wildman–Crippen MR) is 37.9 cm³/mol. The Hall–Kier alpha value is -0.990. The first-order valence-electron chi connectivity index (χ1n) is 2.40. The van der Waals surface area contributed by atoms with E-state index in [1.165, 1.54) is 0 Å². The van der Waals surface area contributed by atoms with Crippen LogP contribution in [0.5, 0.6) is 0 Å². The standard InChI is InChI=1S/C5H5N3S/c1-8-3-2-6-5(8)7-4-9/h2-3H,1H3. The summed E-state index contributed by atoms with van der Waals surface area (Å²) in [5.41, 5.74) is 0. The Labute approximate surface area is 58.1 Å². The average molecular weight is 139 g/mol. The molecule has 0 aliphatic heterocycles. The van der Waals surface area contributed by atoms with Crippen molar-refractivity contribution in [3.63, 3.8) is 0 Å². The third kappa shape index (κ3) is 1.22.